The van der Waals surface area contributed by atoms with E-state index in [9.17, 15) is 0 Å². The van der Waals surface area contributed by atoms with Crippen LogP contribution in [-0.2, 0) is 4.79 Å². The van der Waals surface area contributed by atoms with E-state index in [4.69, 9.17) is 4.79 Å². The summed E-state index contributed by atoms with van der Waals surface area (Å²) in [6, 6.07) is 14.9. The molecule has 0 saturated carbocycles. The van der Waals surface area contributed by atoms with Gasteiger partial charge >= 0.3 is 0 Å². The number of carbonyl (C=O) groups is 1. The van der Waals surface area contributed by atoms with E-state index < -0.39 is 0 Å². The average Bonchev–Trinajstić information content (AvgIpc) is 2.41. The predicted octanol–water partition coefficient (Wildman–Crippen LogP) is 3.56. The van der Waals surface area contributed by atoms with Crippen molar-refractivity contribution in [1.82, 2.24) is 0 Å². The van der Waals surface area contributed by atoms with Crippen LogP contribution in [0.25, 0.3) is 10.8 Å². The van der Waals surface area contributed by atoms with Crippen molar-refractivity contribution in [2.24, 2.45) is 5.73 Å². The lowest BCUT2D eigenvalue weighted by Gasteiger charge is -1.96. The highest BCUT2D eigenvalue weighted by Gasteiger charge is 1.89. The zero-order valence-electron chi connectivity index (χ0n) is 10.8. The Bertz CT molecular complexity index is 443. The number of benzene rings is 2. The number of hydrogen-bond acceptors (Lipinski definition) is 2. The maximum absolute atomic E-state index is 9.05. The van der Waals surface area contributed by atoms with Crippen molar-refractivity contribution in [1.29, 1.82) is 0 Å². The molecular formula is C15H23NO. The van der Waals surface area contributed by atoms with Gasteiger partial charge < -0.3 is 10.5 Å². The summed E-state index contributed by atoms with van der Waals surface area (Å²) in [4.78, 5) is 9.05. The SMILES string of the molecule is CC.Cc1ccc2ccccc2c1.NCC=O.[HH]. The molecule has 0 aliphatic carbocycles. The maximum Gasteiger partial charge on any atom is 0.133 e. The van der Waals surface area contributed by atoms with Gasteiger partial charge in [0.2, 0.25) is 0 Å². The van der Waals surface area contributed by atoms with E-state index in [0.717, 1.165) is 0 Å². The van der Waals surface area contributed by atoms with Gasteiger partial charge in [-0.2, -0.15) is 0 Å². The minimum absolute atomic E-state index is 0. The highest BCUT2D eigenvalue weighted by Crippen LogP contribution is 2.14. The monoisotopic (exact) mass is 233 g/mol. The van der Waals surface area contributed by atoms with Gasteiger partial charge in [0.05, 0.1) is 0 Å². The Morgan fingerprint density at radius 2 is 1.65 bits per heavy atom. The summed E-state index contributed by atoms with van der Waals surface area (Å²) in [5.41, 5.74) is 5.98. The number of carbonyl (C=O) groups excluding carboxylic acids is 1. The van der Waals surface area contributed by atoms with Crippen molar-refractivity contribution < 1.29 is 6.22 Å². The molecule has 0 atom stereocenters. The van der Waals surface area contributed by atoms with Crippen LogP contribution in [0.15, 0.2) is 42.5 Å². The summed E-state index contributed by atoms with van der Waals surface area (Å²) >= 11 is 0. The third kappa shape index (κ3) is 5.83. The topological polar surface area (TPSA) is 43.1 Å². The van der Waals surface area contributed by atoms with Crippen LogP contribution in [0.3, 0.4) is 0 Å². The van der Waals surface area contributed by atoms with Crippen molar-refractivity contribution in [3.63, 3.8) is 0 Å². The molecule has 0 saturated heterocycles. The molecule has 0 fully saturated rings. The molecule has 2 rings (SSSR count). The van der Waals surface area contributed by atoms with Gasteiger partial charge in [-0.1, -0.05) is 61.9 Å². The summed E-state index contributed by atoms with van der Waals surface area (Å²) in [7, 11) is 0. The first-order valence-corrected chi connectivity index (χ1v) is 5.87. The van der Waals surface area contributed by atoms with Crippen molar-refractivity contribution in [2.75, 3.05) is 6.54 Å². The molecule has 2 nitrogen and oxygen atoms in total. The molecule has 2 aromatic carbocycles. The first-order chi connectivity index (χ1) is 8.27. The lowest BCUT2D eigenvalue weighted by molar-refractivity contribution is -0.106. The Labute approximate surface area is 105 Å². The number of aldehydes is 1. The van der Waals surface area contributed by atoms with Gasteiger partial charge in [0, 0.05) is 7.97 Å². The van der Waals surface area contributed by atoms with E-state index in [1.165, 1.54) is 16.3 Å². The number of aryl methyl sites for hydroxylation is 1. The zero-order chi connectivity index (χ0) is 13.1. The van der Waals surface area contributed by atoms with Crippen LogP contribution in [0.5, 0.6) is 0 Å². The van der Waals surface area contributed by atoms with Gasteiger partial charge in [0.25, 0.3) is 0 Å². The van der Waals surface area contributed by atoms with Crippen molar-refractivity contribution in [3.8, 4) is 0 Å². The predicted molar refractivity (Wildman–Crippen MR) is 77.3 cm³/mol. The minimum atomic E-state index is 0. The van der Waals surface area contributed by atoms with Gasteiger partial charge in [-0.15, -0.1) is 0 Å². The fourth-order valence-corrected chi connectivity index (χ4v) is 1.31. The first kappa shape index (κ1) is 15.3. The van der Waals surface area contributed by atoms with Crippen LogP contribution in [0.2, 0.25) is 0 Å². The maximum atomic E-state index is 9.05. The molecule has 2 aromatic rings. The average molecular weight is 233 g/mol. The summed E-state index contributed by atoms with van der Waals surface area (Å²) in [6.07, 6.45) is 0.653. The molecule has 94 valence electrons. The standard InChI is InChI=1S/C11H10.C2H5NO.C2H6.H2/c1-9-6-7-10-4-2-3-5-11(10)8-9;3-1-2-4;1-2;/h2-8H,1H3;2H,1,3H2;1-2H3;1H. The highest BCUT2D eigenvalue weighted by molar-refractivity contribution is 5.82. The second-order valence-electron chi connectivity index (χ2n) is 3.25. The summed E-state index contributed by atoms with van der Waals surface area (Å²) in [6.45, 7) is 6.26. The fourth-order valence-electron chi connectivity index (χ4n) is 1.31. The van der Waals surface area contributed by atoms with Crippen LogP contribution in [0, 0.1) is 6.92 Å². The van der Waals surface area contributed by atoms with E-state index in [2.05, 4.69) is 55.1 Å². The minimum Gasteiger partial charge on any atom is -0.324 e. The Morgan fingerprint density at radius 3 is 2.18 bits per heavy atom. The van der Waals surface area contributed by atoms with Crippen LogP contribution in [0.1, 0.15) is 20.8 Å². The fraction of sp³-hybridized carbons (Fsp3) is 0.267. The van der Waals surface area contributed by atoms with Crippen LogP contribution >= 0.6 is 0 Å². The molecule has 2 N–H and O–H groups in total. The van der Waals surface area contributed by atoms with Gasteiger partial charge in [0.15, 0.2) is 0 Å². The van der Waals surface area contributed by atoms with E-state index in [0.29, 0.717) is 6.29 Å². The normalized spacial score (nSPS) is 8.47. The Kier molecular flexibility index (Phi) is 8.61. The molecule has 2 heteroatoms. The van der Waals surface area contributed by atoms with E-state index >= 15 is 0 Å². The van der Waals surface area contributed by atoms with E-state index in [1.54, 1.807) is 0 Å². The van der Waals surface area contributed by atoms with Gasteiger partial charge in [-0.25, -0.2) is 0 Å². The molecule has 0 bridgehead atoms. The molecule has 0 heterocycles. The molecule has 0 radical (unpaired) electrons. The van der Waals surface area contributed by atoms with Crippen molar-refractivity contribution in [2.45, 2.75) is 20.8 Å². The molecular weight excluding hydrogens is 210 g/mol. The lowest BCUT2D eigenvalue weighted by Crippen LogP contribution is -1.97. The Balaban J connectivity index is 0. The molecule has 17 heavy (non-hydrogen) atoms. The third-order valence-electron chi connectivity index (χ3n) is 2.00. The lowest BCUT2D eigenvalue weighted by atomic mass is 10.1. The molecule has 0 unspecified atom stereocenters. The molecule has 0 aliphatic heterocycles. The third-order valence-corrected chi connectivity index (χ3v) is 2.00. The molecule has 0 spiro atoms. The number of fused-ring (bicyclic) bond motifs is 1. The largest absolute Gasteiger partial charge is 0.324 e. The highest BCUT2D eigenvalue weighted by atomic mass is 16.1. The Morgan fingerprint density at radius 1 is 1.12 bits per heavy atom. The van der Waals surface area contributed by atoms with Crippen molar-refractivity contribution in [3.05, 3.63) is 48.0 Å². The zero-order valence-corrected chi connectivity index (χ0v) is 10.8. The van der Waals surface area contributed by atoms with Gasteiger partial charge in [-0.05, 0) is 17.7 Å². The van der Waals surface area contributed by atoms with Gasteiger partial charge in [0.1, 0.15) is 6.29 Å². The number of hydrogen-bond donors (Lipinski definition) is 1. The number of rotatable bonds is 1. The quantitative estimate of drug-likeness (QED) is 0.765. The second kappa shape index (κ2) is 9.55. The first-order valence-electron chi connectivity index (χ1n) is 5.87. The summed E-state index contributed by atoms with van der Waals surface area (Å²) < 4.78 is 0. The smallest absolute Gasteiger partial charge is 0.133 e. The van der Waals surface area contributed by atoms with Crippen LogP contribution in [0.4, 0.5) is 0 Å². The van der Waals surface area contributed by atoms with Crippen LogP contribution in [-0.4, -0.2) is 12.8 Å². The Hall–Kier alpha value is -1.67. The van der Waals surface area contributed by atoms with E-state index in [1.807, 2.05) is 13.8 Å². The van der Waals surface area contributed by atoms with Gasteiger partial charge in [-0.3, -0.25) is 0 Å². The molecule has 0 aromatic heterocycles. The summed E-state index contributed by atoms with van der Waals surface area (Å²) in [5.74, 6) is 0. The van der Waals surface area contributed by atoms with Crippen LogP contribution < -0.4 is 5.73 Å². The summed E-state index contributed by atoms with van der Waals surface area (Å²) in [5, 5.41) is 2.64. The molecule has 0 aliphatic rings. The number of nitrogens with two attached hydrogens (primary N) is 1. The second-order valence-corrected chi connectivity index (χ2v) is 3.25. The van der Waals surface area contributed by atoms with Crippen molar-refractivity contribution >= 4 is 17.1 Å². The molecule has 0 amide bonds. The van der Waals surface area contributed by atoms with E-state index in [-0.39, 0.29) is 7.97 Å².